The second kappa shape index (κ2) is 8.13. The summed E-state index contributed by atoms with van der Waals surface area (Å²) in [5, 5.41) is 13.4. The summed E-state index contributed by atoms with van der Waals surface area (Å²) in [7, 11) is 0. The molecule has 0 aliphatic carbocycles. The minimum atomic E-state index is -0.511. The van der Waals surface area contributed by atoms with Crippen LogP contribution >= 0.6 is 0 Å². The number of anilines is 1. The van der Waals surface area contributed by atoms with Crippen LogP contribution in [0.4, 0.5) is 20.6 Å². The third-order valence-corrected chi connectivity index (χ3v) is 3.83. The van der Waals surface area contributed by atoms with E-state index in [0.717, 1.165) is 5.56 Å². The van der Waals surface area contributed by atoms with Gasteiger partial charge in [-0.15, -0.1) is 0 Å². The van der Waals surface area contributed by atoms with E-state index in [9.17, 15) is 19.3 Å². The normalized spacial score (nSPS) is 10.4. The van der Waals surface area contributed by atoms with Crippen molar-refractivity contribution in [3.8, 4) is 0 Å². The third-order valence-electron chi connectivity index (χ3n) is 3.83. The van der Waals surface area contributed by atoms with Gasteiger partial charge in [0.05, 0.1) is 17.7 Å². The van der Waals surface area contributed by atoms with E-state index in [-0.39, 0.29) is 24.6 Å². The van der Waals surface area contributed by atoms with Gasteiger partial charge in [0.15, 0.2) is 0 Å². The van der Waals surface area contributed by atoms with Crippen LogP contribution in [0.25, 0.3) is 0 Å². The van der Waals surface area contributed by atoms with E-state index in [1.165, 1.54) is 47.6 Å². The Labute approximate surface area is 154 Å². The number of carbonyl (C=O) groups is 1. The number of furan rings is 1. The molecular formula is C19H16FN3O4. The molecule has 0 radical (unpaired) electrons. The summed E-state index contributed by atoms with van der Waals surface area (Å²) >= 11 is 0. The number of halogens is 1. The molecule has 1 heterocycles. The van der Waals surface area contributed by atoms with Crippen molar-refractivity contribution in [2.45, 2.75) is 13.1 Å². The molecule has 27 heavy (non-hydrogen) atoms. The maximum Gasteiger partial charge on any atom is 0.322 e. The summed E-state index contributed by atoms with van der Waals surface area (Å²) in [6.45, 7) is 0.447. The van der Waals surface area contributed by atoms with E-state index in [4.69, 9.17) is 4.42 Å². The van der Waals surface area contributed by atoms with Gasteiger partial charge < -0.3 is 14.6 Å². The van der Waals surface area contributed by atoms with E-state index < -0.39 is 11.0 Å². The van der Waals surface area contributed by atoms with Crippen LogP contribution in [0.3, 0.4) is 0 Å². The molecule has 0 fully saturated rings. The van der Waals surface area contributed by atoms with Crippen molar-refractivity contribution in [3.05, 3.63) is 94.2 Å². The molecule has 138 valence electrons. The standard InChI is InChI=1S/C19H16FN3O4/c20-15-5-3-14(4-6-15)12-22(13-18-2-1-11-27-18)19(24)21-16-7-9-17(10-8-16)23(25)26/h1-11H,12-13H2,(H,21,24). The van der Waals surface area contributed by atoms with Gasteiger partial charge in [0.2, 0.25) is 0 Å². The Morgan fingerprint density at radius 1 is 1.07 bits per heavy atom. The molecule has 3 aromatic rings. The third kappa shape index (κ3) is 4.91. The Hall–Kier alpha value is -3.68. The highest BCUT2D eigenvalue weighted by Gasteiger charge is 2.17. The lowest BCUT2D eigenvalue weighted by Crippen LogP contribution is -2.34. The molecule has 0 saturated heterocycles. The number of amides is 2. The molecular weight excluding hydrogens is 353 g/mol. The quantitative estimate of drug-likeness (QED) is 0.509. The van der Waals surface area contributed by atoms with Gasteiger partial charge >= 0.3 is 6.03 Å². The predicted octanol–water partition coefficient (Wildman–Crippen LogP) is 4.56. The largest absolute Gasteiger partial charge is 0.467 e. The number of hydrogen-bond acceptors (Lipinski definition) is 4. The van der Waals surface area contributed by atoms with Crippen LogP contribution in [0.2, 0.25) is 0 Å². The van der Waals surface area contributed by atoms with E-state index in [1.807, 2.05) is 0 Å². The number of carbonyl (C=O) groups excluding carboxylic acids is 1. The average Bonchev–Trinajstić information content (AvgIpc) is 3.16. The number of hydrogen-bond donors (Lipinski definition) is 1. The molecule has 0 aliphatic rings. The Balaban J connectivity index is 1.74. The van der Waals surface area contributed by atoms with Crippen molar-refractivity contribution in [1.29, 1.82) is 0 Å². The van der Waals surface area contributed by atoms with Crippen molar-refractivity contribution in [2.75, 3.05) is 5.32 Å². The lowest BCUT2D eigenvalue weighted by Gasteiger charge is -2.22. The number of nitrogens with one attached hydrogen (secondary N) is 1. The van der Waals surface area contributed by atoms with Gasteiger partial charge in [0.25, 0.3) is 5.69 Å². The van der Waals surface area contributed by atoms with Gasteiger partial charge in [-0.05, 0) is 42.0 Å². The first-order chi connectivity index (χ1) is 13.0. The SMILES string of the molecule is O=C(Nc1ccc([N+](=O)[O-])cc1)N(Cc1ccc(F)cc1)Cc1ccco1. The molecule has 8 heteroatoms. The topological polar surface area (TPSA) is 88.6 Å². The number of nitro groups is 1. The highest BCUT2D eigenvalue weighted by atomic mass is 19.1. The van der Waals surface area contributed by atoms with Crippen molar-refractivity contribution in [1.82, 2.24) is 4.90 Å². The van der Waals surface area contributed by atoms with Gasteiger partial charge in [0, 0.05) is 24.4 Å². The van der Waals surface area contributed by atoms with E-state index in [2.05, 4.69) is 5.32 Å². The first-order valence-corrected chi connectivity index (χ1v) is 8.08. The van der Waals surface area contributed by atoms with Crippen molar-refractivity contribution < 1.29 is 18.5 Å². The van der Waals surface area contributed by atoms with Crippen LogP contribution < -0.4 is 5.32 Å². The summed E-state index contributed by atoms with van der Waals surface area (Å²) in [6.07, 6.45) is 1.51. The molecule has 2 aromatic carbocycles. The number of non-ortho nitro benzene ring substituents is 1. The average molecular weight is 369 g/mol. The lowest BCUT2D eigenvalue weighted by molar-refractivity contribution is -0.384. The van der Waals surface area contributed by atoms with Crippen molar-refractivity contribution in [2.24, 2.45) is 0 Å². The smallest absolute Gasteiger partial charge is 0.322 e. The first-order valence-electron chi connectivity index (χ1n) is 8.08. The van der Waals surface area contributed by atoms with Gasteiger partial charge in [-0.3, -0.25) is 10.1 Å². The molecule has 0 unspecified atom stereocenters. The maximum atomic E-state index is 13.1. The Kier molecular flexibility index (Phi) is 5.46. The van der Waals surface area contributed by atoms with Crippen LogP contribution in [0.15, 0.2) is 71.3 Å². The summed E-state index contributed by atoms with van der Waals surface area (Å²) in [5.74, 6) is 0.239. The van der Waals surface area contributed by atoms with Gasteiger partial charge in [0.1, 0.15) is 11.6 Å². The van der Waals surface area contributed by atoms with E-state index in [1.54, 1.807) is 24.3 Å². The van der Waals surface area contributed by atoms with E-state index >= 15 is 0 Å². The number of rotatable bonds is 6. The fourth-order valence-corrected chi connectivity index (χ4v) is 2.47. The van der Waals surface area contributed by atoms with Crippen molar-refractivity contribution >= 4 is 17.4 Å². The maximum absolute atomic E-state index is 13.1. The molecule has 0 bridgehead atoms. The molecule has 0 aliphatic heterocycles. The Bertz CT molecular complexity index is 909. The number of benzene rings is 2. The number of nitrogens with zero attached hydrogens (tertiary/aromatic N) is 2. The molecule has 2 amide bonds. The Morgan fingerprint density at radius 3 is 2.37 bits per heavy atom. The van der Waals surface area contributed by atoms with Gasteiger partial charge in [-0.25, -0.2) is 9.18 Å². The molecule has 0 spiro atoms. The molecule has 1 aromatic heterocycles. The molecule has 3 rings (SSSR count). The zero-order chi connectivity index (χ0) is 19.2. The van der Waals surface area contributed by atoms with Crippen LogP contribution in [-0.4, -0.2) is 15.9 Å². The minimum Gasteiger partial charge on any atom is -0.467 e. The van der Waals surface area contributed by atoms with Gasteiger partial charge in [-0.2, -0.15) is 0 Å². The van der Waals surface area contributed by atoms with E-state index in [0.29, 0.717) is 11.4 Å². The molecule has 0 atom stereocenters. The zero-order valence-corrected chi connectivity index (χ0v) is 14.2. The zero-order valence-electron chi connectivity index (χ0n) is 14.2. The van der Waals surface area contributed by atoms with Crippen LogP contribution in [0.5, 0.6) is 0 Å². The highest BCUT2D eigenvalue weighted by molar-refractivity contribution is 5.89. The van der Waals surface area contributed by atoms with Crippen LogP contribution in [0, 0.1) is 15.9 Å². The molecule has 0 saturated carbocycles. The number of nitro benzene ring substituents is 1. The second-order valence-corrected chi connectivity index (χ2v) is 5.80. The number of urea groups is 1. The summed E-state index contributed by atoms with van der Waals surface area (Å²) in [4.78, 5) is 24.4. The summed E-state index contributed by atoms with van der Waals surface area (Å²) < 4.78 is 18.4. The summed E-state index contributed by atoms with van der Waals surface area (Å²) in [5.41, 5.74) is 1.11. The fourth-order valence-electron chi connectivity index (χ4n) is 2.47. The van der Waals surface area contributed by atoms with Crippen molar-refractivity contribution in [3.63, 3.8) is 0 Å². The van der Waals surface area contributed by atoms with Crippen LogP contribution in [0.1, 0.15) is 11.3 Å². The predicted molar refractivity (Wildman–Crippen MR) is 96.5 cm³/mol. The monoisotopic (exact) mass is 369 g/mol. The highest BCUT2D eigenvalue weighted by Crippen LogP contribution is 2.17. The Morgan fingerprint density at radius 2 is 1.78 bits per heavy atom. The first kappa shape index (κ1) is 18.1. The fraction of sp³-hybridized carbons (Fsp3) is 0.105. The molecule has 7 nitrogen and oxygen atoms in total. The summed E-state index contributed by atoms with van der Waals surface area (Å²) in [6, 6.07) is 14.5. The minimum absolute atomic E-state index is 0.0632. The van der Waals surface area contributed by atoms with Gasteiger partial charge in [-0.1, -0.05) is 12.1 Å². The lowest BCUT2D eigenvalue weighted by atomic mass is 10.2. The second-order valence-electron chi connectivity index (χ2n) is 5.80. The van der Waals surface area contributed by atoms with Crippen LogP contribution in [-0.2, 0) is 13.1 Å². The molecule has 1 N–H and O–H groups in total.